The summed E-state index contributed by atoms with van der Waals surface area (Å²) in [6, 6.07) is 7.85. The molecule has 0 spiro atoms. The molecular weight excluding hydrogens is 262 g/mol. The van der Waals surface area contributed by atoms with Gasteiger partial charge in [0.1, 0.15) is 0 Å². The van der Waals surface area contributed by atoms with Crippen molar-refractivity contribution in [3.05, 3.63) is 35.4 Å². The van der Waals surface area contributed by atoms with Crippen molar-refractivity contribution >= 4 is 5.91 Å². The molecule has 1 amide bonds. The van der Waals surface area contributed by atoms with Crippen LogP contribution < -0.4 is 11.2 Å². The Labute approximate surface area is 127 Å². The van der Waals surface area contributed by atoms with Crippen LogP contribution in [0.5, 0.6) is 0 Å². The number of aryl methyl sites for hydroxylation is 1. The number of nitrogens with one attached hydrogen (secondary N) is 1. The van der Waals surface area contributed by atoms with E-state index in [1.807, 2.05) is 43.1 Å². The second-order valence-electron chi connectivity index (χ2n) is 6.67. The minimum Gasteiger partial charge on any atom is -0.326 e. The van der Waals surface area contributed by atoms with Crippen LogP contribution in [-0.2, 0) is 6.42 Å². The molecule has 116 valence electrons. The van der Waals surface area contributed by atoms with E-state index in [-0.39, 0.29) is 11.4 Å². The molecule has 1 aromatic carbocycles. The molecular formula is C17H27N3O. The number of piperidine rings is 1. The molecule has 1 fully saturated rings. The number of carbonyl (C=O) groups is 1. The number of hydrogen-bond acceptors (Lipinski definition) is 3. The van der Waals surface area contributed by atoms with Crippen LogP contribution in [-0.4, -0.2) is 29.5 Å². The van der Waals surface area contributed by atoms with Crippen molar-refractivity contribution in [3.8, 4) is 0 Å². The number of hydrazine groups is 1. The van der Waals surface area contributed by atoms with E-state index in [0.29, 0.717) is 0 Å². The van der Waals surface area contributed by atoms with Gasteiger partial charge in [-0.15, -0.1) is 0 Å². The molecule has 1 heterocycles. The number of amides is 1. The Morgan fingerprint density at radius 3 is 2.38 bits per heavy atom. The van der Waals surface area contributed by atoms with Gasteiger partial charge in [-0.2, -0.15) is 0 Å². The first kappa shape index (κ1) is 16.0. The highest BCUT2D eigenvalue weighted by Crippen LogP contribution is 2.12. The zero-order valence-corrected chi connectivity index (χ0v) is 13.2. The van der Waals surface area contributed by atoms with Crippen LogP contribution in [0.1, 0.15) is 55.5 Å². The van der Waals surface area contributed by atoms with E-state index in [1.54, 1.807) is 0 Å². The normalized spacial score (nSPS) is 16.7. The van der Waals surface area contributed by atoms with Gasteiger partial charge in [0, 0.05) is 24.2 Å². The van der Waals surface area contributed by atoms with Gasteiger partial charge in [0.05, 0.1) is 0 Å². The molecule has 3 N–H and O–H groups in total. The predicted octanol–water partition coefficient (Wildman–Crippen LogP) is 2.49. The summed E-state index contributed by atoms with van der Waals surface area (Å²) in [5, 5.41) is 2.02. The molecule has 0 unspecified atom stereocenters. The zero-order chi connectivity index (χ0) is 15.3. The van der Waals surface area contributed by atoms with E-state index >= 15 is 0 Å². The molecule has 0 bridgehead atoms. The van der Waals surface area contributed by atoms with Crippen molar-refractivity contribution in [2.75, 3.05) is 13.1 Å². The Kier molecular flexibility index (Phi) is 5.37. The van der Waals surface area contributed by atoms with Crippen LogP contribution in [0.2, 0.25) is 0 Å². The quantitative estimate of drug-likeness (QED) is 0.875. The van der Waals surface area contributed by atoms with Crippen LogP contribution in [0.3, 0.4) is 0 Å². The van der Waals surface area contributed by atoms with E-state index < -0.39 is 0 Å². The van der Waals surface area contributed by atoms with Crippen LogP contribution in [0.25, 0.3) is 0 Å². The SMILES string of the molecule is CC(C)(N)CCc1ccc(C(=O)NN2CCCCC2)cc1. The first-order valence-electron chi connectivity index (χ1n) is 7.88. The van der Waals surface area contributed by atoms with Gasteiger partial charge in [0.25, 0.3) is 5.91 Å². The van der Waals surface area contributed by atoms with Gasteiger partial charge in [0.15, 0.2) is 0 Å². The van der Waals surface area contributed by atoms with Crippen molar-refractivity contribution in [1.82, 2.24) is 10.4 Å². The van der Waals surface area contributed by atoms with Crippen LogP contribution >= 0.6 is 0 Å². The maximum Gasteiger partial charge on any atom is 0.265 e. The Morgan fingerprint density at radius 2 is 1.81 bits per heavy atom. The molecule has 21 heavy (non-hydrogen) atoms. The van der Waals surface area contributed by atoms with Gasteiger partial charge < -0.3 is 5.73 Å². The van der Waals surface area contributed by atoms with Crippen LogP contribution in [0.15, 0.2) is 24.3 Å². The minimum absolute atomic E-state index is 0.0115. The lowest BCUT2D eigenvalue weighted by atomic mass is 9.96. The smallest absolute Gasteiger partial charge is 0.265 e. The van der Waals surface area contributed by atoms with Gasteiger partial charge in [-0.25, -0.2) is 5.01 Å². The third-order valence-electron chi connectivity index (χ3n) is 3.89. The Balaban J connectivity index is 1.87. The Bertz CT molecular complexity index is 456. The maximum atomic E-state index is 12.2. The Morgan fingerprint density at radius 1 is 1.19 bits per heavy atom. The first-order chi connectivity index (χ1) is 9.94. The second-order valence-corrected chi connectivity index (χ2v) is 6.67. The summed E-state index contributed by atoms with van der Waals surface area (Å²) in [5.74, 6) is -0.0115. The predicted molar refractivity (Wildman–Crippen MR) is 85.9 cm³/mol. The van der Waals surface area contributed by atoms with E-state index in [1.165, 1.54) is 12.0 Å². The topological polar surface area (TPSA) is 58.4 Å². The third-order valence-corrected chi connectivity index (χ3v) is 3.89. The summed E-state index contributed by atoms with van der Waals surface area (Å²) in [6.07, 6.45) is 5.46. The number of carbonyl (C=O) groups excluding carboxylic acids is 1. The highest BCUT2D eigenvalue weighted by atomic mass is 16.2. The number of nitrogens with zero attached hydrogens (tertiary/aromatic N) is 1. The number of rotatable bonds is 5. The largest absolute Gasteiger partial charge is 0.326 e. The molecule has 1 aromatic rings. The van der Waals surface area contributed by atoms with E-state index in [9.17, 15) is 4.79 Å². The third kappa shape index (κ3) is 5.48. The highest BCUT2D eigenvalue weighted by molar-refractivity contribution is 5.93. The number of hydrogen-bond donors (Lipinski definition) is 2. The van der Waals surface area contributed by atoms with Gasteiger partial charge in [-0.05, 0) is 57.2 Å². The summed E-state index contributed by atoms with van der Waals surface area (Å²) >= 11 is 0. The monoisotopic (exact) mass is 289 g/mol. The van der Waals surface area contributed by atoms with Crippen molar-refractivity contribution in [2.45, 2.75) is 51.5 Å². The van der Waals surface area contributed by atoms with Crippen molar-refractivity contribution in [1.29, 1.82) is 0 Å². The first-order valence-corrected chi connectivity index (χ1v) is 7.88. The standard InChI is InChI=1S/C17H27N3O/c1-17(2,18)11-10-14-6-8-15(9-7-14)16(21)19-20-12-4-3-5-13-20/h6-9H,3-5,10-13,18H2,1-2H3,(H,19,21). The highest BCUT2D eigenvalue weighted by Gasteiger charge is 2.14. The Hall–Kier alpha value is -1.39. The molecule has 1 aliphatic rings. The molecule has 0 aliphatic carbocycles. The van der Waals surface area contributed by atoms with Crippen LogP contribution in [0.4, 0.5) is 0 Å². The van der Waals surface area contributed by atoms with Crippen molar-refractivity contribution in [3.63, 3.8) is 0 Å². The molecule has 0 atom stereocenters. The summed E-state index contributed by atoms with van der Waals surface area (Å²) in [6.45, 7) is 5.98. The van der Waals surface area contributed by atoms with E-state index in [2.05, 4.69) is 5.43 Å². The van der Waals surface area contributed by atoms with Gasteiger partial charge in [-0.3, -0.25) is 10.2 Å². The fourth-order valence-electron chi connectivity index (χ4n) is 2.50. The van der Waals surface area contributed by atoms with Crippen LogP contribution in [0, 0.1) is 0 Å². The average Bonchev–Trinajstić information content (AvgIpc) is 2.46. The summed E-state index contributed by atoms with van der Waals surface area (Å²) in [7, 11) is 0. The van der Waals surface area contributed by atoms with Gasteiger partial charge >= 0.3 is 0 Å². The zero-order valence-electron chi connectivity index (χ0n) is 13.2. The van der Waals surface area contributed by atoms with Gasteiger partial charge in [-0.1, -0.05) is 18.6 Å². The molecule has 0 saturated carbocycles. The molecule has 1 saturated heterocycles. The second kappa shape index (κ2) is 7.05. The lowest BCUT2D eigenvalue weighted by molar-refractivity contribution is 0.0750. The minimum atomic E-state index is -0.149. The molecule has 0 radical (unpaired) electrons. The fraction of sp³-hybridized carbons (Fsp3) is 0.588. The van der Waals surface area contributed by atoms with E-state index in [4.69, 9.17) is 5.73 Å². The van der Waals surface area contributed by atoms with Crippen molar-refractivity contribution < 1.29 is 4.79 Å². The van der Waals surface area contributed by atoms with E-state index in [0.717, 1.165) is 44.3 Å². The summed E-state index contributed by atoms with van der Waals surface area (Å²) < 4.78 is 0. The lowest BCUT2D eigenvalue weighted by Gasteiger charge is -2.26. The summed E-state index contributed by atoms with van der Waals surface area (Å²) in [4.78, 5) is 12.2. The fourth-order valence-corrected chi connectivity index (χ4v) is 2.50. The average molecular weight is 289 g/mol. The number of nitrogens with two attached hydrogens (primary N) is 1. The summed E-state index contributed by atoms with van der Waals surface area (Å²) in [5.41, 5.74) is 10.8. The maximum absolute atomic E-state index is 12.2. The number of benzene rings is 1. The molecule has 1 aliphatic heterocycles. The molecule has 4 nitrogen and oxygen atoms in total. The van der Waals surface area contributed by atoms with Crippen molar-refractivity contribution in [2.24, 2.45) is 5.73 Å². The molecule has 0 aromatic heterocycles. The lowest BCUT2D eigenvalue weighted by Crippen LogP contribution is -2.45. The van der Waals surface area contributed by atoms with Gasteiger partial charge in [0.2, 0.25) is 0 Å². The molecule has 4 heteroatoms. The molecule has 2 rings (SSSR count).